The number of aromatic nitrogens is 2. The molecule has 2 aromatic rings. The van der Waals surface area contributed by atoms with Crippen LogP contribution in [0.2, 0.25) is 0 Å². The summed E-state index contributed by atoms with van der Waals surface area (Å²) in [5.74, 6) is -0.215. The van der Waals surface area contributed by atoms with Crippen LogP contribution in [0, 0.1) is 12.7 Å². The predicted octanol–water partition coefficient (Wildman–Crippen LogP) is 3.52. The number of rotatable bonds is 5. The number of hydrogen-bond donors (Lipinski definition) is 1. The van der Waals surface area contributed by atoms with E-state index in [1.54, 1.807) is 12.1 Å². The molecule has 0 bridgehead atoms. The van der Waals surface area contributed by atoms with Crippen molar-refractivity contribution in [2.75, 3.05) is 6.54 Å². The second kappa shape index (κ2) is 6.50. The molecular formula is C15H19BrFN3. The summed E-state index contributed by atoms with van der Waals surface area (Å²) in [4.78, 5) is 0. The van der Waals surface area contributed by atoms with E-state index in [0.29, 0.717) is 0 Å². The zero-order chi connectivity index (χ0) is 14.7. The van der Waals surface area contributed by atoms with Gasteiger partial charge in [-0.05, 0) is 43.3 Å². The molecule has 0 aliphatic carbocycles. The molecule has 5 heteroatoms. The molecule has 1 unspecified atom stereocenters. The van der Waals surface area contributed by atoms with Crippen molar-refractivity contribution < 1.29 is 4.39 Å². The first-order valence-corrected chi connectivity index (χ1v) is 7.48. The van der Waals surface area contributed by atoms with Gasteiger partial charge < -0.3 is 5.32 Å². The SMILES string of the molecule is CCNC(Cc1cc(C)nn1C)c1cc(F)ccc1Br. The lowest BCUT2D eigenvalue weighted by Crippen LogP contribution is -2.24. The quantitative estimate of drug-likeness (QED) is 0.903. The molecule has 0 aliphatic heterocycles. The van der Waals surface area contributed by atoms with Gasteiger partial charge in [-0.1, -0.05) is 22.9 Å². The van der Waals surface area contributed by atoms with Gasteiger partial charge >= 0.3 is 0 Å². The molecule has 1 N–H and O–H groups in total. The van der Waals surface area contributed by atoms with E-state index in [0.717, 1.165) is 34.4 Å². The van der Waals surface area contributed by atoms with Crippen molar-refractivity contribution in [3.63, 3.8) is 0 Å². The van der Waals surface area contributed by atoms with E-state index in [-0.39, 0.29) is 11.9 Å². The van der Waals surface area contributed by atoms with Crippen molar-refractivity contribution in [1.82, 2.24) is 15.1 Å². The van der Waals surface area contributed by atoms with E-state index >= 15 is 0 Å². The minimum Gasteiger partial charge on any atom is -0.310 e. The van der Waals surface area contributed by atoms with E-state index < -0.39 is 0 Å². The molecule has 1 aromatic heterocycles. The minimum absolute atomic E-state index is 0.0554. The summed E-state index contributed by atoms with van der Waals surface area (Å²) in [5, 5.41) is 7.78. The van der Waals surface area contributed by atoms with Crippen LogP contribution in [0.4, 0.5) is 4.39 Å². The van der Waals surface area contributed by atoms with Crippen molar-refractivity contribution in [3.8, 4) is 0 Å². The third-order valence-electron chi connectivity index (χ3n) is 3.30. The summed E-state index contributed by atoms with van der Waals surface area (Å²) in [7, 11) is 1.94. The Bertz CT molecular complexity index is 595. The first-order valence-electron chi connectivity index (χ1n) is 6.69. The Morgan fingerprint density at radius 3 is 2.75 bits per heavy atom. The molecule has 20 heavy (non-hydrogen) atoms. The maximum Gasteiger partial charge on any atom is 0.123 e. The molecule has 0 spiro atoms. The lowest BCUT2D eigenvalue weighted by Gasteiger charge is -2.20. The van der Waals surface area contributed by atoms with Gasteiger partial charge in [0.15, 0.2) is 0 Å². The van der Waals surface area contributed by atoms with Crippen LogP contribution in [0.15, 0.2) is 28.7 Å². The molecule has 1 atom stereocenters. The molecule has 3 nitrogen and oxygen atoms in total. The Morgan fingerprint density at radius 2 is 2.15 bits per heavy atom. The van der Waals surface area contributed by atoms with Crippen molar-refractivity contribution in [1.29, 1.82) is 0 Å². The normalized spacial score (nSPS) is 12.7. The van der Waals surface area contributed by atoms with Crippen molar-refractivity contribution in [2.24, 2.45) is 7.05 Å². The number of nitrogens with one attached hydrogen (secondary N) is 1. The third-order valence-corrected chi connectivity index (χ3v) is 4.02. The molecule has 2 rings (SSSR count). The highest BCUT2D eigenvalue weighted by Gasteiger charge is 2.17. The van der Waals surface area contributed by atoms with Crippen LogP contribution in [0.1, 0.15) is 29.9 Å². The Balaban J connectivity index is 2.31. The number of halogens is 2. The van der Waals surface area contributed by atoms with Crippen LogP contribution < -0.4 is 5.32 Å². The summed E-state index contributed by atoms with van der Waals surface area (Å²) >= 11 is 3.51. The summed E-state index contributed by atoms with van der Waals surface area (Å²) in [5.41, 5.74) is 3.06. The van der Waals surface area contributed by atoms with Crippen LogP contribution in [0.25, 0.3) is 0 Å². The lowest BCUT2D eigenvalue weighted by molar-refractivity contribution is 0.522. The van der Waals surface area contributed by atoms with Crippen LogP contribution in [-0.4, -0.2) is 16.3 Å². The Hall–Kier alpha value is -1.20. The monoisotopic (exact) mass is 339 g/mol. The second-order valence-corrected chi connectivity index (χ2v) is 5.74. The molecule has 0 fully saturated rings. The van der Waals surface area contributed by atoms with Gasteiger partial charge in [-0.25, -0.2) is 4.39 Å². The molecule has 0 radical (unpaired) electrons. The van der Waals surface area contributed by atoms with Gasteiger partial charge in [0.1, 0.15) is 5.82 Å². The average molecular weight is 340 g/mol. The maximum atomic E-state index is 13.5. The van der Waals surface area contributed by atoms with Crippen molar-refractivity contribution in [2.45, 2.75) is 26.3 Å². The molecule has 1 heterocycles. The number of hydrogen-bond acceptors (Lipinski definition) is 2. The third kappa shape index (κ3) is 3.46. The first-order chi connectivity index (χ1) is 9.51. The van der Waals surface area contributed by atoms with Crippen LogP contribution >= 0.6 is 15.9 Å². The Labute approximate surface area is 127 Å². The fourth-order valence-electron chi connectivity index (χ4n) is 2.38. The summed E-state index contributed by atoms with van der Waals surface area (Å²) in [6.45, 7) is 4.85. The van der Waals surface area contributed by atoms with Gasteiger partial charge in [-0.15, -0.1) is 0 Å². The first kappa shape index (κ1) is 15.2. The summed E-state index contributed by atoms with van der Waals surface area (Å²) < 4.78 is 16.3. The number of benzene rings is 1. The smallest absolute Gasteiger partial charge is 0.123 e. The van der Waals surface area contributed by atoms with Crippen molar-refractivity contribution >= 4 is 15.9 Å². The second-order valence-electron chi connectivity index (χ2n) is 4.88. The van der Waals surface area contributed by atoms with E-state index in [1.165, 1.54) is 6.07 Å². The molecule has 108 valence electrons. The zero-order valence-corrected chi connectivity index (χ0v) is 13.5. The van der Waals surface area contributed by atoms with E-state index in [2.05, 4.69) is 39.3 Å². The predicted molar refractivity (Wildman–Crippen MR) is 82.2 cm³/mol. The fourth-order valence-corrected chi connectivity index (χ4v) is 2.91. The van der Waals surface area contributed by atoms with Crippen LogP contribution in [0.3, 0.4) is 0 Å². The van der Waals surface area contributed by atoms with Gasteiger partial charge in [-0.2, -0.15) is 5.10 Å². The van der Waals surface area contributed by atoms with Crippen molar-refractivity contribution in [3.05, 3.63) is 51.5 Å². The van der Waals surface area contributed by atoms with Gasteiger partial charge in [0.25, 0.3) is 0 Å². The molecule has 0 saturated heterocycles. The molecule has 0 amide bonds. The highest BCUT2D eigenvalue weighted by atomic mass is 79.9. The molecule has 0 saturated carbocycles. The van der Waals surface area contributed by atoms with Gasteiger partial charge in [0.2, 0.25) is 0 Å². The standard InChI is InChI=1S/C15H19BrFN3/c1-4-18-15(9-12-7-10(2)19-20(12)3)13-8-11(17)5-6-14(13)16/h5-8,15,18H,4,9H2,1-3H3. The van der Waals surface area contributed by atoms with Gasteiger partial charge in [0.05, 0.1) is 5.69 Å². The number of likely N-dealkylation sites (N-methyl/N-ethyl adjacent to an activating group) is 1. The maximum absolute atomic E-state index is 13.5. The molecular weight excluding hydrogens is 321 g/mol. The van der Waals surface area contributed by atoms with E-state index in [4.69, 9.17) is 0 Å². The Kier molecular flexibility index (Phi) is 4.94. The van der Waals surface area contributed by atoms with Crippen LogP contribution in [0.5, 0.6) is 0 Å². The molecule has 0 aliphatic rings. The van der Waals surface area contributed by atoms with Gasteiger partial charge in [0, 0.05) is 29.7 Å². The zero-order valence-electron chi connectivity index (χ0n) is 12.0. The highest BCUT2D eigenvalue weighted by Crippen LogP contribution is 2.27. The summed E-state index contributed by atoms with van der Waals surface area (Å²) in [6, 6.07) is 6.92. The largest absolute Gasteiger partial charge is 0.310 e. The fraction of sp³-hybridized carbons (Fsp3) is 0.400. The average Bonchev–Trinajstić information content (AvgIpc) is 2.70. The number of nitrogens with zero attached hydrogens (tertiary/aromatic N) is 2. The van der Waals surface area contributed by atoms with E-state index in [1.807, 2.05) is 18.7 Å². The lowest BCUT2D eigenvalue weighted by atomic mass is 10.0. The van der Waals surface area contributed by atoms with Gasteiger partial charge in [-0.3, -0.25) is 4.68 Å². The molecule has 1 aromatic carbocycles. The Morgan fingerprint density at radius 1 is 1.40 bits per heavy atom. The van der Waals surface area contributed by atoms with Crippen LogP contribution in [-0.2, 0) is 13.5 Å². The topological polar surface area (TPSA) is 29.9 Å². The van der Waals surface area contributed by atoms with E-state index in [9.17, 15) is 4.39 Å². The highest BCUT2D eigenvalue weighted by molar-refractivity contribution is 9.10. The number of aryl methyl sites for hydroxylation is 2. The minimum atomic E-state index is -0.215. The summed E-state index contributed by atoms with van der Waals surface area (Å²) in [6.07, 6.45) is 0.771.